The molecule has 0 radical (unpaired) electrons. The summed E-state index contributed by atoms with van der Waals surface area (Å²) in [6.07, 6.45) is 0. The molecular formula is C13H16N2O2. The monoisotopic (exact) mass is 232 g/mol. The lowest BCUT2D eigenvalue weighted by Crippen LogP contribution is -2.52. The van der Waals surface area contributed by atoms with Gasteiger partial charge in [0.2, 0.25) is 5.78 Å². The Labute approximate surface area is 100 Å². The van der Waals surface area contributed by atoms with Gasteiger partial charge in [-0.2, -0.15) is 0 Å². The van der Waals surface area contributed by atoms with Gasteiger partial charge in [0.25, 0.3) is 0 Å². The van der Waals surface area contributed by atoms with Crippen molar-refractivity contribution in [1.82, 2.24) is 5.32 Å². The molecule has 4 nitrogen and oxygen atoms in total. The molecule has 1 aliphatic rings. The predicted molar refractivity (Wildman–Crippen MR) is 66.0 cm³/mol. The number of amidine groups is 1. The van der Waals surface area contributed by atoms with E-state index in [-0.39, 0.29) is 11.6 Å². The van der Waals surface area contributed by atoms with E-state index in [9.17, 15) is 9.90 Å². The van der Waals surface area contributed by atoms with E-state index in [4.69, 9.17) is 0 Å². The van der Waals surface area contributed by atoms with Crippen LogP contribution in [0, 0.1) is 0 Å². The fourth-order valence-electron chi connectivity index (χ4n) is 1.63. The number of rotatable bonds is 2. The van der Waals surface area contributed by atoms with E-state index in [0.717, 1.165) is 0 Å². The molecule has 0 saturated heterocycles. The predicted octanol–water partition coefficient (Wildman–Crippen LogP) is 1.36. The van der Waals surface area contributed by atoms with E-state index in [2.05, 4.69) is 10.3 Å². The molecule has 17 heavy (non-hydrogen) atoms. The molecule has 0 amide bonds. The number of aliphatic imine (C=N–C) groups is 1. The van der Waals surface area contributed by atoms with Gasteiger partial charge < -0.3 is 10.4 Å². The van der Waals surface area contributed by atoms with Crippen LogP contribution in [0.3, 0.4) is 0 Å². The van der Waals surface area contributed by atoms with E-state index in [0.29, 0.717) is 5.56 Å². The van der Waals surface area contributed by atoms with Crippen molar-refractivity contribution in [3.8, 4) is 0 Å². The number of carbonyl (C=O) groups excluding carboxylic acids is 1. The normalized spacial score (nSPS) is 26.2. The second kappa shape index (κ2) is 3.67. The van der Waals surface area contributed by atoms with Crippen LogP contribution in [0.15, 0.2) is 35.3 Å². The second-order valence-corrected chi connectivity index (χ2v) is 4.93. The first kappa shape index (κ1) is 11.8. The molecule has 0 saturated carbocycles. The van der Waals surface area contributed by atoms with E-state index < -0.39 is 11.3 Å². The Morgan fingerprint density at radius 3 is 2.29 bits per heavy atom. The Morgan fingerprint density at radius 2 is 1.82 bits per heavy atom. The molecule has 0 bridgehead atoms. The third-order valence-corrected chi connectivity index (χ3v) is 3.20. The van der Waals surface area contributed by atoms with Crippen molar-refractivity contribution < 1.29 is 9.90 Å². The highest BCUT2D eigenvalue weighted by atomic mass is 16.3. The zero-order valence-electron chi connectivity index (χ0n) is 10.2. The van der Waals surface area contributed by atoms with Crippen LogP contribution in [-0.2, 0) is 0 Å². The first-order valence-corrected chi connectivity index (χ1v) is 5.54. The maximum absolute atomic E-state index is 12.1. The van der Waals surface area contributed by atoms with Crippen LogP contribution in [0.5, 0.6) is 0 Å². The van der Waals surface area contributed by atoms with Gasteiger partial charge >= 0.3 is 0 Å². The summed E-state index contributed by atoms with van der Waals surface area (Å²) in [6, 6.07) is 8.90. The van der Waals surface area contributed by atoms with Gasteiger partial charge in [-0.15, -0.1) is 0 Å². The first-order chi connectivity index (χ1) is 7.83. The average Bonchev–Trinajstić information content (AvgIpc) is 2.48. The lowest BCUT2D eigenvalue weighted by Gasteiger charge is -2.30. The van der Waals surface area contributed by atoms with Gasteiger partial charge in [-0.25, -0.2) is 4.99 Å². The summed E-state index contributed by atoms with van der Waals surface area (Å²) >= 11 is 0. The molecule has 2 rings (SSSR count). The fraction of sp³-hybridized carbons (Fsp3) is 0.385. The lowest BCUT2D eigenvalue weighted by atomic mass is 9.94. The molecule has 1 aromatic rings. The van der Waals surface area contributed by atoms with Crippen LogP contribution in [0.25, 0.3) is 0 Å². The maximum atomic E-state index is 12.1. The molecular weight excluding hydrogens is 216 g/mol. The fourth-order valence-corrected chi connectivity index (χ4v) is 1.63. The third-order valence-electron chi connectivity index (χ3n) is 3.20. The lowest BCUT2D eigenvalue weighted by molar-refractivity contribution is 0.00848. The van der Waals surface area contributed by atoms with Crippen molar-refractivity contribution in [3.05, 3.63) is 35.9 Å². The van der Waals surface area contributed by atoms with E-state index in [1.807, 2.05) is 19.9 Å². The largest absolute Gasteiger partial charge is 0.367 e. The number of nitrogens with one attached hydrogen (secondary N) is 1. The second-order valence-electron chi connectivity index (χ2n) is 4.93. The molecule has 0 aromatic heterocycles. The highest BCUT2D eigenvalue weighted by Gasteiger charge is 2.46. The summed E-state index contributed by atoms with van der Waals surface area (Å²) in [5.41, 5.74) is -1.35. The number of Topliss-reactive ketones (excluding diaryl/α,β-unsaturated/α-hetero) is 1. The molecule has 0 fully saturated rings. The standard InChI is InChI=1S/C13H16N2O2/c1-12(2)13(3,17)15-11(14-12)10(16)9-7-5-4-6-8-9/h4-8,17H,1-3H3,(H,14,15). The number of aliphatic hydroxyl groups is 1. The highest BCUT2D eigenvalue weighted by molar-refractivity contribution is 6.45. The quantitative estimate of drug-likeness (QED) is 0.757. The van der Waals surface area contributed by atoms with Gasteiger partial charge in [0.05, 0.1) is 5.54 Å². The van der Waals surface area contributed by atoms with E-state index in [1.165, 1.54) is 0 Å². The molecule has 1 heterocycles. The Kier molecular flexibility index (Phi) is 2.54. The van der Waals surface area contributed by atoms with E-state index in [1.54, 1.807) is 31.2 Å². The molecule has 1 aromatic carbocycles. The van der Waals surface area contributed by atoms with Crippen LogP contribution < -0.4 is 5.32 Å². The van der Waals surface area contributed by atoms with Crippen LogP contribution in [0.1, 0.15) is 31.1 Å². The van der Waals surface area contributed by atoms with Gasteiger partial charge in [-0.3, -0.25) is 4.79 Å². The molecule has 1 atom stereocenters. The SMILES string of the molecule is CC1(O)N=C(C(=O)c2ccccc2)NC1(C)C. The maximum Gasteiger partial charge on any atom is 0.227 e. The summed E-state index contributed by atoms with van der Waals surface area (Å²) in [4.78, 5) is 16.2. The van der Waals surface area contributed by atoms with Crippen molar-refractivity contribution in [2.45, 2.75) is 32.0 Å². The molecule has 1 aliphatic heterocycles. The van der Waals surface area contributed by atoms with E-state index >= 15 is 0 Å². The smallest absolute Gasteiger partial charge is 0.227 e. The van der Waals surface area contributed by atoms with Gasteiger partial charge in [-0.1, -0.05) is 30.3 Å². The highest BCUT2D eigenvalue weighted by Crippen LogP contribution is 2.28. The van der Waals surface area contributed by atoms with Crippen molar-refractivity contribution in [1.29, 1.82) is 0 Å². The topological polar surface area (TPSA) is 61.7 Å². The van der Waals surface area contributed by atoms with Crippen molar-refractivity contribution in [2.75, 3.05) is 0 Å². The molecule has 1 unspecified atom stereocenters. The van der Waals surface area contributed by atoms with Crippen molar-refractivity contribution in [2.24, 2.45) is 4.99 Å². The van der Waals surface area contributed by atoms with Crippen molar-refractivity contribution >= 4 is 11.6 Å². The molecule has 4 heteroatoms. The zero-order chi connectivity index (χ0) is 12.7. The van der Waals surface area contributed by atoms with Crippen LogP contribution >= 0.6 is 0 Å². The number of ketones is 1. The number of benzene rings is 1. The molecule has 2 N–H and O–H groups in total. The first-order valence-electron chi connectivity index (χ1n) is 5.54. The molecule has 0 aliphatic carbocycles. The van der Waals surface area contributed by atoms with Gasteiger partial charge in [0.15, 0.2) is 11.6 Å². The minimum absolute atomic E-state index is 0.198. The van der Waals surface area contributed by atoms with Crippen molar-refractivity contribution in [3.63, 3.8) is 0 Å². The summed E-state index contributed by atoms with van der Waals surface area (Å²) < 4.78 is 0. The number of carbonyl (C=O) groups is 1. The summed E-state index contributed by atoms with van der Waals surface area (Å²) in [5, 5.41) is 13.1. The average molecular weight is 232 g/mol. The molecule has 90 valence electrons. The van der Waals surface area contributed by atoms with Crippen LogP contribution in [0.4, 0.5) is 0 Å². The number of hydrogen-bond acceptors (Lipinski definition) is 4. The number of hydrogen-bond donors (Lipinski definition) is 2. The third kappa shape index (κ3) is 1.96. The minimum atomic E-state index is -1.27. The Morgan fingerprint density at radius 1 is 1.24 bits per heavy atom. The van der Waals surface area contributed by atoms with Gasteiger partial charge in [-0.05, 0) is 20.8 Å². The van der Waals surface area contributed by atoms with Gasteiger partial charge in [0.1, 0.15) is 0 Å². The van der Waals surface area contributed by atoms with Gasteiger partial charge in [0, 0.05) is 5.56 Å². The summed E-state index contributed by atoms with van der Waals surface area (Å²) in [7, 11) is 0. The summed E-state index contributed by atoms with van der Waals surface area (Å²) in [6.45, 7) is 5.20. The zero-order valence-corrected chi connectivity index (χ0v) is 10.2. The summed E-state index contributed by atoms with van der Waals surface area (Å²) in [5.74, 6) is 0.0163. The molecule has 0 spiro atoms. The van der Waals surface area contributed by atoms with Crippen LogP contribution in [-0.4, -0.2) is 28.0 Å². The Hall–Kier alpha value is -1.68. The minimum Gasteiger partial charge on any atom is -0.367 e. The van der Waals surface area contributed by atoms with Crippen LogP contribution in [0.2, 0.25) is 0 Å². The Bertz CT molecular complexity index is 475. The Balaban J connectivity index is 2.30. The number of nitrogens with zero attached hydrogens (tertiary/aromatic N) is 1.